The van der Waals surface area contributed by atoms with Gasteiger partial charge in [0.15, 0.2) is 0 Å². The van der Waals surface area contributed by atoms with Gasteiger partial charge in [0.2, 0.25) is 0 Å². The number of hydrogen-bond donors (Lipinski definition) is 3. The van der Waals surface area contributed by atoms with Crippen molar-refractivity contribution in [3.05, 3.63) is 65.3 Å². The standard InChI is InChI=1S/C26H30N6O2S/c1-18(30-20-3-5-21(6-4-20)31-12-14-34-15-13-31)29-17-19-2-7-23-22(25(19)27)16-24(35-23)26(33)32-10-8-28-9-11-32/h2-7,16-17,28,30H,1,8-15,27H2/b29-17-. The molecule has 0 radical (unpaired) electrons. The van der Waals surface area contributed by atoms with Crippen molar-refractivity contribution in [3.8, 4) is 0 Å². The number of piperazine rings is 1. The van der Waals surface area contributed by atoms with Gasteiger partial charge in [-0.25, -0.2) is 4.99 Å². The summed E-state index contributed by atoms with van der Waals surface area (Å²) in [6.07, 6.45) is 1.71. The minimum atomic E-state index is 0.0690. The number of benzene rings is 2. The maximum absolute atomic E-state index is 12.9. The fraction of sp³-hybridized carbons (Fsp3) is 0.308. The fourth-order valence-corrected chi connectivity index (χ4v) is 5.36. The summed E-state index contributed by atoms with van der Waals surface area (Å²) in [4.78, 5) is 22.3. The van der Waals surface area contributed by atoms with Crippen LogP contribution in [0, 0.1) is 0 Å². The molecule has 2 saturated heterocycles. The van der Waals surface area contributed by atoms with Crippen LogP contribution in [-0.4, -0.2) is 69.5 Å². The zero-order chi connectivity index (χ0) is 24.2. The number of nitrogen functional groups attached to an aromatic ring is 1. The van der Waals surface area contributed by atoms with Crippen molar-refractivity contribution in [3.63, 3.8) is 0 Å². The number of nitrogens with one attached hydrogen (secondary N) is 2. The normalized spacial score (nSPS) is 16.7. The second-order valence-corrected chi connectivity index (χ2v) is 9.69. The van der Waals surface area contributed by atoms with E-state index in [1.54, 1.807) is 6.21 Å². The maximum atomic E-state index is 12.9. The van der Waals surface area contributed by atoms with Gasteiger partial charge in [0.05, 0.1) is 18.1 Å². The molecule has 3 heterocycles. The van der Waals surface area contributed by atoms with Crippen LogP contribution in [0.25, 0.3) is 10.1 Å². The second kappa shape index (κ2) is 10.5. The maximum Gasteiger partial charge on any atom is 0.264 e. The predicted octanol–water partition coefficient (Wildman–Crippen LogP) is 3.37. The number of fused-ring (bicyclic) bond motifs is 1. The number of thiophene rings is 1. The molecule has 182 valence electrons. The lowest BCUT2D eigenvalue weighted by Gasteiger charge is -2.28. The molecule has 1 aromatic heterocycles. The fourth-order valence-electron chi connectivity index (χ4n) is 4.32. The van der Waals surface area contributed by atoms with Gasteiger partial charge in [-0.05, 0) is 42.5 Å². The zero-order valence-corrected chi connectivity index (χ0v) is 20.4. The Hall–Kier alpha value is -3.40. The minimum Gasteiger partial charge on any atom is -0.398 e. The van der Waals surface area contributed by atoms with E-state index >= 15 is 0 Å². The van der Waals surface area contributed by atoms with Crippen molar-refractivity contribution >= 4 is 50.6 Å². The average Bonchev–Trinajstić information content (AvgIpc) is 3.35. The van der Waals surface area contributed by atoms with Crippen molar-refractivity contribution < 1.29 is 9.53 Å². The van der Waals surface area contributed by atoms with E-state index in [0.29, 0.717) is 16.4 Å². The molecule has 35 heavy (non-hydrogen) atoms. The third-order valence-electron chi connectivity index (χ3n) is 6.28. The lowest BCUT2D eigenvalue weighted by Crippen LogP contribution is -2.46. The SMILES string of the molecule is C=C(/N=C\c1ccc2sc(C(=O)N3CCNCC3)cc2c1N)Nc1ccc(N2CCOCC2)cc1. The van der Waals surface area contributed by atoms with Crippen LogP contribution in [0.4, 0.5) is 17.1 Å². The number of rotatable bonds is 6. The summed E-state index contributed by atoms with van der Waals surface area (Å²) in [5.74, 6) is 0.586. The van der Waals surface area contributed by atoms with Crippen molar-refractivity contribution in [2.45, 2.75) is 0 Å². The highest BCUT2D eigenvalue weighted by atomic mass is 32.1. The summed E-state index contributed by atoms with van der Waals surface area (Å²) in [6.45, 7) is 10.5. The highest BCUT2D eigenvalue weighted by Gasteiger charge is 2.20. The van der Waals surface area contributed by atoms with Gasteiger partial charge < -0.3 is 30.9 Å². The average molecular weight is 491 g/mol. The Balaban J connectivity index is 1.25. The Morgan fingerprint density at radius 2 is 1.86 bits per heavy atom. The van der Waals surface area contributed by atoms with Crippen LogP contribution < -0.4 is 21.3 Å². The number of amides is 1. The van der Waals surface area contributed by atoms with Gasteiger partial charge in [0.25, 0.3) is 5.91 Å². The highest BCUT2D eigenvalue weighted by molar-refractivity contribution is 7.20. The van der Waals surface area contributed by atoms with Gasteiger partial charge in [0, 0.05) is 78.2 Å². The molecule has 0 aliphatic carbocycles. The van der Waals surface area contributed by atoms with E-state index < -0.39 is 0 Å². The molecule has 8 nitrogen and oxygen atoms in total. The smallest absolute Gasteiger partial charge is 0.264 e. The largest absolute Gasteiger partial charge is 0.398 e. The summed E-state index contributed by atoms with van der Waals surface area (Å²) < 4.78 is 6.42. The minimum absolute atomic E-state index is 0.0690. The summed E-state index contributed by atoms with van der Waals surface area (Å²) in [5.41, 5.74) is 9.96. The zero-order valence-electron chi connectivity index (χ0n) is 19.6. The van der Waals surface area contributed by atoms with E-state index in [9.17, 15) is 4.79 Å². The number of morpholine rings is 1. The second-order valence-electron chi connectivity index (χ2n) is 8.61. The van der Waals surface area contributed by atoms with Gasteiger partial charge >= 0.3 is 0 Å². The van der Waals surface area contributed by atoms with E-state index in [4.69, 9.17) is 10.5 Å². The third-order valence-corrected chi connectivity index (χ3v) is 7.37. The monoisotopic (exact) mass is 490 g/mol. The number of ether oxygens (including phenoxy) is 1. The first-order chi connectivity index (χ1) is 17.1. The molecule has 0 saturated carbocycles. The number of hydrogen-bond acceptors (Lipinski definition) is 8. The molecule has 1 amide bonds. The third kappa shape index (κ3) is 5.32. The molecule has 3 aromatic rings. The molecule has 2 aliphatic rings. The van der Waals surface area contributed by atoms with Crippen LogP contribution in [-0.2, 0) is 4.74 Å². The van der Waals surface area contributed by atoms with Crippen LogP contribution in [0.1, 0.15) is 15.2 Å². The molecule has 4 N–H and O–H groups in total. The van der Waals surface area contributed by atoms with Gasteiger partial charge in [0.1, 0.15) is 5.82 Å². The first-order valence-electron chi connectivity index (χ1n) is 11.8. The lowest BCUT2D eigenvalue weighted by molar-refractivity contribution is 0.0741. The van der Waals surface area contributed by atoms with E-state index in [1.807, 2.05) is 35.2 Å². The molecule has 2 aliphatic heterocycles. The van der Waals surface area contributed by atoms with Crippen LogP contribution in [0.5, 0.6) is 0 Å². The Morgan fingerprint density at radius 1 is 1.11 bits per heavy atom. The number of aliphatic imine (C=N–C) groups is 1. The Labute approximate surface area is 209 Å². The van der Waals surface area contributed by atoms with E-state index in [0.717, 1.165) is 73.8 Å². The van der Waals surface area contributed by atoms with Crippen molar-refractivity contribution in [2.75, 3.05) is 68.4 Å². The first-order valence-corrected chi connectivity index (χ1v) is 12.6. The van der Waals surface area contributed by atoms with E-state index in [2.05, 4.69) is 39.2 Å². The van der Waals surface area contributed by atoms with E-state index in [1.165, 1.54) is 17.0 Å². The first kappa shape index (κ1) is 23.3. The van der Waals surface area contributed by atoms with Gasteiger partial charge in [-0.3, -0.25) is 4.79 Å². The van der Waals surface area contributed by atoms with Crippen molar-refractivity contribution in [1.82, 2.24) is 10.2 Å². The van der Waals surface area contributed by atoms with Gasteiger partial charge in [-0.2, -0.15) is 0 Å². The number of nitrogens with zero attached hydrogens (tertiary/aromatic N) is 3. The van der Waals surface area contributed by atoms with Crippen molar-refractivity contribution in [2.24, 2.45) is 4.99 Å². The Morgan fingerprint density at radius 3 is 2.60 bits per heavy atom. The van der Waals surface area contributed by atoms with Crippen LogP contribution in [0.15, 0.2) is 59.9 Å². The molecule has 2 aromatic carbocycles. The topological polar surface area (TPSA) is 95.2 Å². The molecule has 2 fully saturated rings. The molecule has 0 unspecified atom stereocenters. The number of carbonyl (C=O) groups excluding carboxylic acids is 1. The van der Waals surface area contributed by atoms with Crippen LogP contribution in [0.2, 0.25) is 0 Å². The van der Waals surface area contributed by atoms with E-state index in [-0.39, 0.29) is 5.91 Å². The summed E-state index contributed by atoms with van der Waals surface area (Å²) in [6, 6.07) is 14.1. The molecule has 0 spiro atoms. The summed E-state index contributed by atoms with van der Waals surface area (Å²) >= 11 is 1.48. The van der Waals surface area contributed by atoms with Crippen molar-refractivity contribution in [1.29, 1.82) is 0 Å². The molecular weight excluding hydrogens is 460 g/mol. The Kier molecular flexibility index (Phi) is 6.98. The molecular formula is C26H30N6O2S. The predicted molar refractivity (Wildman–Crippen MR) is 145 cm³/mol. The lowest BCUT2D eigenvalue weighted by atomic mass is 10.1. The van der Waals surface area contributed by atoms with Crippen LogP contribution in [0.3, 0.4) is 0 Å². The summed E-state index contributed by atoms with van der Waals surface area (Å²) in [5, 5.41) is 7.38. The number of nitrogens with two attached hydrogens (primary N) is 1. The summed E-state index contributed by atoms with van der Waals surface area (Å²) in [7, 11) is 0. The molecule has 9 heteroatoms. The van der Waals surface area contributed by atoms with Gasteiger partial charge in [-0.1, -0.05) is 6.58 Å². The number of carbonyl (C=O) groups is 1. The highest BCUT2D eigenvalue weighted by Crippen LogP contribution is 2.32. The van der Waals surface area contributed by atoms with Crippen LogP contribution >= 0.6 is 11.3 Å². The van der Waals surface area contributed by atoms with Gasteiger partial charge in [-0.15, -0.1) is 11.3 Å². The number of anilines is 3. The Bertz CT molecular complexity index is 1240. The molecule has 0 bridgehead atoms. The molecule has 5 rings (SSSR count). The molecule has 0 atom stereocenters. The quantitative estimate of drug-likeness (QED) is 0.362.